The molecule has 29 heavy (non-hydrogen) atoms. The summed E-state index contributed by atoms with van der Waals surface area (Å²) in [6.45, 7) is 0.529. The number of carbonyl (C=O) groups excluding carboxylic acids is 3. The van der Waals surface area contributed by atoms with E-state index in [0.717, 1.165) is 17.7 Å². The first-order chi connectivity index (χ1) is 14.0. The molecule has 0 aliphatic carbocycles. The van der Waals surface area contributed by atoms with Crippen molar-refractivity contribution in [1.82, 2.24) is 5.32 Å². The first-order valence-corrected chi connectivity index (χ1v) is 9.57. The number of nitrogens with zero attached hydrogens (tertiary/aromatic N) is 1. The van der Waals surface area contributed by atoms with Gasteiger partial charge in [0.15, 0.2) is 0 Å². The average molecular weight is 396 g/mol. The van der Waals surface area contributed by atoms with Crippen molar-refractivity contribution in [3.05, 3.63) is 53.8 Å². The molecule has 2 aliphatic rings. The molecule has 0 saturated carbocycles. The highest BCUT2D eigenvalue weighted by molar-refractivity contribution is 6.01. The number of halogens is 1. The molecule has 150 valence electrons. The van der Waals surface area contributed by atoms with Gasteiger partial charge >= 0.3 is 6.03 Å². The molecule has 2 heterocycles. The third-order valence-corrected chi connectivity index (χ3v) is 5.14. The Hall–Kier alpha value is -3.42. The van der Waals surface area contributed by atoms with Crippen molar-refractivity contribution in [1.29, 1.82) is 0 Å². The molecular formula is C21H21FN4O3. The van der Waals surface area contributed by atoms with Crippen LogP contribution >= 0.6 is 0 Å². The van der Waals surface area contributed by atoms with E-state index in [1.807, 2.05) is 6.07 Å². The van der Waals surface area contributed by atoms with E-state index in [1.165, 1.54) is 12.1 Å². The minimum Gasteiger partial charge on any atom is -0.326 e. The second kappa shape index (κ2) is 7.90. The van der Waals surface area contributed by atoms with E-state index in [2.05, 4.69) is 16.0 Å². The predicted octanol–water partition coefficient (Wildman–Crippen LogP) is 3.03. The fourth-order valence-electron chi connectivity index (χ4n) is 3.67. The van der Waals surface area contributed by atoms with E-state index in [0.29, 0.717) is 37.2 Å². The number of rotatable bonds is 3. The Labute approximate surface area is 167 Å². The number of piperidine rings is 1. The van der Waals surface area contributed by atoms with Gasteiger partial charge in [-0.1, -0.05) is 0 Å². The van der Waals surface area contributed by atoms with Crippen molar-refractivity contribution in [2.45, 2.75) is 31.7 Å². The van der Waals surface area contributed by atoms with Crippen LogP contribution in [0.4, 0.5) is 26.2 Å². The number of carbonyl (C=O) groups is 3. The number of anilines is 3. The quantitative estimate of drug-likeness (QED) is 0.745. The molecule has 0 spiro atoms. The fraction of sp³-hybridized carbons (Fsp3) is 0.286. The highest BCUT2D eigenvalue weighted by Gasteiger charge is 2.31. The van der Waals surface area contributed by atoms with Gasteiger partial charge in [-0.3, -0.25) is 9.59 Å². The second-order valence-corrected chi connectivity index (χ2v) is 7.18. The monoisotopic (exact) mass is 396 g/mol. The van der Waals surface area contributed by atoms with Gasteiger partial charge in [0, 0.05) is 30.0 Å². The lowest BCUT2D eigenvalue weighted by Crippen LogP contribution is -2.53. The molecule has 4 amide bonds. The maximum absolute atomic E-state index is 13.1. The van der Waals surface area contributed by atoms with E-state index in [4.69, 9.17) is 0 Å². The van der Waals surface area contributed by atoms with Crippen LogP contribution < -0.4 is 20.9 Å². The SMILES string of the molecule is O=C1CCc2cc(NC(=O)NC3CCCN(c4ccc(F)cc4)C3=O)ccc2N1. The Kier molecular flexibility index (Phi) is 5.16. The first kappa shape index (κ1) is 18.9. The van der Waals surface area contributed by atoms with Crippen LogP contribution in [0, 0.1) is 5.82 Å². The smallest absolute Gasteiger partial charge is 0.319 e. The number of benzene rings is 2. The first-order valence-electron chi connectivity index (χ1n) is 9.57. The predicted molar refractivity (Wildman–Crippen MR) is 107 cm³/mol. The molecule has 4 rings (SSSR count). The third kappa shape index (κ3) is 4.21. The number of nitrogens with one attached hydrogen (secondary N) is 3. The third-order valence-electron chi connectivity index (χ3n) is 5.14. The number of hydrogen-bond acceptors (Lipinski definition) is 3. The largest absolute Gasteiger partial charge is 0.326 e. The molecule has 1 atom stereocenters. The summed E-state index contributed by atoms with van der Waals surface area (Å²) in [6, 6.07) is 9.90. The molecule has 1 unspecified atom stereocenters. The lowest BCUT2D eigenvalue weighted by Gasteiger charge is -2.32. The summed E-state index contributed by atoms with van der Waals surface area (Å²) < 4.78 is 13.1. The number of hydrogen-bond donors (Lipinski definition) is 3. The maximum atomic E-state index is 13.1. The van der Waals surface area contributed by atoms with E-state index in [9.17, 15) is 18.8 Å². The number of urea groups is 1. The molecule has 0 radical (unpaired) electrons. The summed E-state index contributed by atoms with van der Waals surface area (Å²) in [5, 5.41) is 8.28. The molecule has 0 aromatic heterocycles. The van der Waals surface area contributed by atoms with Crippen molar-refractivity contribution in [2.24, 2.45) is 0 Å². The van der Waals surface area contributed by atoms with Crippen LogP contribution in [0.3, 0.4) is 0 Å². The Morgan fingerprint density at radius 1 is 1.10 bits per heavy atom. The van der Waals surface area contributed by atoms with Crippen LogP contribution in [0.25, 0.3) is 0 Å². The van der Waals surface area contributed by atoms with Gasteiger partial charge in [0.2, 0.25) is 11.8 Å². The zero-order chi connectivity index (χ0) is 20.4. The van der Waals surface area contributed by atoms with Crippen LogP contribution in [0.15, 0.2) is 42.5 Å². The Morgan fingerprint density at radius 3 is 2.69 bits per heavy atom. The summed E-state index contributed by atoms with van der Waals surface area (Å²) in [5.74, 6) is -0.597. The molecule has 3 N–H and O–H groups in total. The average Bonchev–Trinajstić information content (AvgIpc) is 2.70. The highest BCUT2D eigenvalue weighted by atomic mass is 19.1. The summed E-state index contributed by atoms with van der Waals surface area (Å²) in [4.78, 5) is 38.2. The van der Waals surface area contributed by atoms with Crippen molar-refractivity contribution < 1.29 is 18.8 Å². The zero-order valence-electron chi connectivity index (χ0n) is 15.7. The van der Waals surface area contributed by atoms with Crippen LogP contribution in [0.2, 0.25) is 0 Å². The minimum absolute atomic E-state index is 0.0162. The van der Waals surface area contributed by atoms with Crippen molar-refractivity contribution in [3.63, 3.8) is 0 Å². The van der Waals surface area contributed by atoms with Crippen LogP contribution in [-0.2, 0) is 16.0 Å². The molecular weight excluding hydrogens is 375 g/mol. The van der Waals surface area contributed by atoms with E-state index >= 15 is 0 Å². The molecule has 2 aromatic rings. The molecule has 0 bridgehead atoms. The Balaban J connectivity index is 1.39. The molecule has 1 fully saturated rings. The van der Waals surface area contributed by atoms with E-state index in [1.54, 1.807) is 29.2 Å². The summed E-state index contributed by atoms with van der Waals surface area (Å²) in [5.41, 5.74) is 2.92. The second-order valence-electron chi connectivity index (χ2n) is 7.18. The van der Waals surface area contributed by atoms with Gasteiger partial charge in [0.05, 0.1) is 0 Å². The van der Waals surface area contributed by atoms with Gasteiger partial charge < -0.3 is 20.9 Å². The topological polar surface area (TPSA) is 90.5 Å². The van der Waals surface area contributed by atoms with Crippen molar-refractivity contribution >= 4 is 34.9 Å². The van der Waals surface area contributed by atoms with E-state index in [-0.39, 0.29) is 17.6 Å². The van der Waals surface area contributed by atoms with Gasteiger partial charge in [-0.05, 0) is 67.3 Å². The van der Waals surface area contributed by atoms with Crippen molar-refractivity contribution in [3.8, 4) is 0 Å². The van der Waals surface area contributed by atoms with Crippen molar-refractivity contribution in [2.75, 3.05) is 22.1 Å². The molecule has 1 saturated heterocycles. The minimum atomic E-state index is -0.647. The molecule has 2 aromatic carbocycles. The van der Waals surface area contributed by atoms with Crippen LogP contribution in [-0.4, -0.2) is 30.4 Å². The number of amides is 4. The summed E-state index contributed by atoms with van der Waals surface area (Å²) in [7, 11) is 0. The molecule has 7 nitrogen and oxygen atoms in total. The van der Waals surface area contributed by atoms with Crippen LogP contribution in [0.5, 0.6) is 0 Å². The highest BCUT2D eigenvalue weighted by Crippen LogP contribution is 2.26. The standard InChI is InChI=1S/C21H21FN4O3/c22-14-4-7-16(8-5-14)26-11-1-2-18(20(26)28)25-21(29)23-15-6-9-17-13(12-15)3-10-19(27)24-17/h4-9,12,18H,1-3,10-11H2,(H,24,27)(H2,23,25,29). The Bertz CT molecular complexity index is 961. The molecule has 8 heteroatoms. The molecule has 2 aliphatic heterocycles. The Morgan fingerprint density at radius 2 is 1.90 bits per heavy atom. The van der Waals surface area contributed by atoms with Gasteiger partial charge in [-0.15, -0.1) is 0 Å². The number of fused-ring (bicyclic) bond motifs is 1. The normalized spacial score (nSPS) is 18.7. The van der Waals surface area contributed by atoms with E-state index < -0.39 is 12.1 Å². The summed E-state index contributed by atoms with van der Waals surface area (Å²) >= 11 is 0. The fourth-order valence-corrected chi connectivity index (χ4v) is 3.67. The number of aryl methyl sites for hydroxylation is 1. The maximum Gasteiger partial charge on any atom is 0.319 e. The lowest BCUT2D eigenvalue weighted by molar-refractivity contribution is -0.121. The van der Waals surface area contributed by atoms with Gasteiger partial charge in [-0.25, -0.2) is 9.18 Å². The lowest BCUT2D eigenvalue weighted by atomic mass is 10.0. The summed E-state index contributed by atoms with van der Waals surface area (Å²) in [6.07, 6.45) is 2.30. The van der Waals surface area contributed by atoms with Gasteiger partial charge in [0.1, 0.15) is 11.9 Å². The van der Waals surface area contributed by atoms with Crippen LogP contribution in [0.1, 0.15) is 24.8 Å². The zero-order valence-corrected chi connectivity index (χ0v) is 15.7. The van der Waals surface area contributed by atoms with Gasteiger partial charge in [-0.2, -0.15) is 0 Å². The van der Waals surface area contributed by atoms with Gasteiger partial charge in [0.25, 0.3) is 0 Å².